The summed E-state index contributed by atoms with van der Waals surface area (Å²) in [5, 5.41) is 20.8. The zero-order chi connectivity index (χ0) is 19.4. The highest BCUT2D eigenvalue weighted by Gasteiger charge is 2.17. The molecule has 1 heterocycles. The van der Waals surface area contributed by atoms with E-state index in [0.717, 1.165) is 5.56 Å². The Morgan fingerprint density at radius 2 is 1.70 bits per heavy atom. The van der Waals surface area contributed by atoms with Crippen LogP contribution in [-0.2, 0) is 0 Å². The predicted molar refractivity (Wildman–Crippen MR) is 104 cm³/mol. The van der Waals surface area contributed by atoms with Gasteiger partial charge in [-0.2, -0.15) is 14.9 Å². The van der Waals surface area contributed by atoms with Gasteiger partial charge < -0.3 is 19.3 Å². The Morgan fingerprint density at radius 1 is 1.07 bits per heavy atom. The van der Waals surface area contributed by atoms with Gasteiger partial charge in [0.05, 0.1) is 27.5 Å². The Hall–Kier alpha value is -3.33. The van der Waals surface area contributed by atoms with Crippen LogP contribution in [0, 0.1) is 4.77 Å². The number of benzene rings is 2. The summed E-state index contributed by atoms with van der Waals surface area (Å²) in [5.74, 6) is 2.14. The number of aromatic amines is 1. The van der Waals surface area contributed by atoms with E-state index in [-0.39, 0.29) is 5.75 Å². The maximum Gasteiger partial charge on any atom is 0.216 e. The Bertz CT molecular complexity index is 1000. The summed E-state index contributed by atoms with van der Waals surface area (Å²) in [7, 11) is 4.63. The van der Waals surface area contributed by atoms with Crippen molar-refractivity contribution in [1.29, 1.82) is 0 Å². The fraction of sp³-hybridized carbons (Fsp3) is 0.167. The molecule has 0 fully saturated rings. The molecule has 0 spiro atoms. The van der Waals surface area contributed by atoms with E-state index in [2.05, 4.69) is 15.3 Å². The number of ether oxygens (including phenoxy) is 3. The molecule has 0 aliphatic rings. The zero-order valence-corrected chi connectivity index (χ0v) is 15.8. The summed E-state index contributed by atoms with van der Waals surface area (Å²) in [5.41, 5.74) is 1.48. The first-order valence-corrected chi connectivity index (χ1v) is 8.29. The molecule has 0 atom stereocenters. The van der Waals surface area contributed by atoms with E-state index in [1.54, 1.807) is 56.8 Å². The molecule has 0 radical (unpaired) electrons. The SMILES string of the molecule is COc1cc(-c2n[nH]c(=S)n2N=Cc2ccc(O)cc2)cc(OC)c1OC. The molecule has 0 unspecified atom stereocenters. The van der Waals surface area contributed by atoms with Crippen LogP contribution in [0.4, 0.5) is 0 Å². The number of nitrogens with zero attached hydrogens (tertiary/aromatic N) is 3. The summed E-state index contributed by atoms with van der Waals surface area (Å²) in [4.78, 5) is 0. The molecule has 2 N–H and O–H groups in total. The second kappa shape index (κ2) is 7.92. The van der Waals surface area contributed by atoms with Gasteiger partial charge in [-0.25, -0.2) is 5.10 Å². The van der Waals surface area contributed by atoms with Gasteiger partial charge in [0.1, 0.15) is 5.75 Å². The Kier molecular flexibility index (Phi) is 5.41. The minimum atomic E-state index is 0.185. The number of nitrogens with one attached hydrogen (secondary N) is 1. The van der Waals surface area contributed by atoms with Crippen molar-refractivity contribution in [2.75, 3.05) is 21.3 Å². The molecule has 2 aromatic carbocycles. The Labute approximate surface area is 160 Å². The Morgan fingerprint density at radius 3 is 2.26 bits per heavy atom. The van der Waals surface area contributed by atoms with Crippen molar-refractivity contribution >= 4 is 18.4 Å². The monoisotopic (exact) mass is 386 g/mol. The third-order valence-electron chi connectivity index (χ3n) is 3.79. The van der Waals surface area contributed by atoms with Gasteiger partial charge >= 0.3 is 0 Å². The number of phenols is 1. The molecule has 140 valence electrons. The van der Waals surface area contributed by atoms with Crippen LogP contribution in [0.5, 0.6) is 23.0 Å². The van der Waals surface area contributed by atoms with Crippen LogP contribution in [0.3, 0.4) is 0 Å². The average Bonchev–Trinajstić information content (AvgIpc) is 3.06. The van der Waals surface area contributed by atoms with Gasteiger partial charge in [0.15, 0.2) is 17.3 Å². The molecule has 27 heavy (non-hydrogen) atoms. The van der Waals surface area contributed by atoms with Gasteiger partial charge in [-0.3, -0.25) is 0 Å². The van der Waals surface area contributed by atoms with Gasteiger partial charge in [-0.05, 0) is 54.2 Å². The molecule has 0 aliphatic heterocycles. The standard InChI is InChI=1S/C18H18N4O4S/c1-24-14-8-12(9-15(25-2)16(14)26-3)17-20-21-18(27)22(17)19-10-11-4-6-13(23)7-5-11/h4-10,23H,1-3H3,(H,21,27). The van der Waals surface area contributed by atoms with Crippen molar-refractivity contribution in [3.8, 4) is 34.4 Å². The van der Waals surface area contributed by atoms with Crippen molar-refractivity contribution in [2.24, 2.45) is 5.10 Å². The lowest BCUT2D eigenvalue weighted by Crippen LogP contribution is -1.99. The number of hydrogen-bond donors (Lipinski definition) is 2. The maximum absolute atomic E-state index is 9.37. The van der Waals surface area contributed by atoms with Crippen LogP contribution in [0.2, 0.25) is 0 Å². The molecule has 0 bridgehead atoms. The van der Waals surface area contributed by atoms with Crippen LogP contribution in [0.1, 0.15) is 5.56 Å². The Balaban J connectivity index is 2.06. The van der Waals surface area contributed by atoms with Crippen molar-refractivity contribution in [3.63, 3.8) is 0 Å². The largest absolute Gasteiger partial charge is 0.508 e. The first-order valence-electron chi connectivity index (χ1n) is 7.88. The van der Waals surface area contributed by atoms with E-state index in [9.17, 15) is 5.11 Å². The number of aromatic nitrogens is 3. The van der Waals surface area contributed by atoms with Crippen LogP contribution in [-0.4, -0.2) is 47.5 Å². The van der Waals surface area contributed by atoms with Crippen molar-refractivity contribution < 1.29 is 19.3 Å². The quantitative estimate of drug-likeness (QED) is 0.499. The van der Waals surface area contributed by atoms with Gasteiger partial charge in [0, 0.05) is 5.56 Å². The molecule has 3 rings (SSSR count). The van der Waals surface area contributed by atoms with E-state index in [1.165, 1.54) is 11.8 Å². The molecule has 1 aromatic heterocycles. The van der Waals surface area contributed by atoms with Gasteiger partial charge in [-0.1, -0.05) is 0 Å². The van der Waals surface area contributed by atoms with E-state index in [1.807, 2.05) is 0 Å². The third-order valence-corrected chi connectivity index (χ3v) is 4.05. The molecule has 8 nitrogen and oxygen atoms in total. The molecular weight excluding hydrogens is 368 g/mol. The highest BCUT2D eigenvalue weighted by atomic mass is 32.1. The van der Waals surface area contributed by atoms with Gasteiger partial charge in [0.2, 0.25) is 10.5 Å². The van der Waals surface area contributed by atoms with Gasteiger partial charge in [0.25, 0.3) is 0 Å². The summed E-state index contributed by atoms with van der Waals surface area (Å²) < 4.78 is 17.9. The molecular formula is C18H18N4O4S. The van der Waals surface area contributed by atoms with Crippen LogP contribution in [0.15, 0.2) is 41.5 Å². The first-order chi connectivity index (χ1) is 13.1. The lowest BCUT2D eigenvalue weighted by Gasteiger charge is -2.13. The summed E-state index contributed by atoms with van der Waals surface area (Å²) in [6.45, 7) is 0. The van der Waals surface area contributed by atoms with E-state index in [0.29, 0.717) is 33.4 Å². The van der Waals surface area contributed by atoms with E-state index >= 15 is 0 Å². The lowest BCUT2D eigenvalue weighted by atomic mass is 10.1. The predicted octanol–water partition coefficient (Wildman–Crippen LogP) is 3.22. The van der Waals surface area contributed by atoms with E-state index < -0.39 is 0 Å². The van der Waals surface area contributed by atoms with Crippen molar-refractivity contribution in [2.45, 2.75) is 0 Å². The molecule has 3 aromatic rings. The smallest absolute Gasteiger partial charge is 0.216 e. The molecule has 0 aliphatic carbocycles. The fourth-order valence-corrected chi connectivity index (χ4v) is 2.66. The van der Waals surface area contributed by atoms with E-state index in [4.69, 9.17) is 26.4 Å². The highest BCUT2D eigenvalue weighted by Crippen LogP contribution is 2.40. The maximum atomic E-state index is 9.37. The normalized spacial score (nSPS) is 10.9. The fourth-order valence-electron chi connectivity index (χ4n) is 2.48. The first kappa shape index (κ1) is 18.5. The minimum Gasteiger partial charge on any atom is -0.508 e. The second-order valence-electron chi connectivity index (χ2n) is 5.41. The summed E-state index contributed by atoms with van der Waals surface area (Å²) >= 11 is 5.28. The summed E-state index contributed by atoms with van der Waals surface area (Å²) in [6, 6.07) is 10.2. The molecule has 0 amide bonds. The molecule has 0 saturated heterocycles. The number of rotatable bonds is 6. The van der Waals surface area contributed by atoms with Crippen LogP contribution < -0.4 is 14.2 Å². The van der Waals surface area contributed by atoms with Crippen molar-refractivity contribution in [3.05, 3.63) is 46.7 Å². The number of H-pyrrole nitrogens is 1. The molecule has 9 heteroatoms. The topological polar surface area (TPSA) is 93.9 Å². The van der Waals surface area contributed by atoms with Gasteiger partial charge in [-0.15, -0.1) is 0 Å². The number of aromatic hydroxyl groups is 1. The van der Waals surface area contributed by atoms with Crippen LogP contribution >= 0.6 is 12.2 Å². The number of methoxy groups -OCH3 is 3. The lowest BCUT2D eigenvalue weighted by molar-refractivity contribution is 0.324. The number of phenolic OH excluding ortho intramolecular Hbond substituents is 1. The highest BCUT2D eigenvalue weighted by molar-refractivity contribution is 7.71. The summed E-state index contributed by atoms with van der Waals surface area (Å²) in [6.07, 6.45) is 1.62. The second-order valence-corrected chi connectivity index (χ2v) is 5.80. The molecule has 0 saturated carbocycles. The third kappa shape index (κ3) is 3.77. The number of hydrogen-bond acceptors (Lipinski definition) is 7. The average molecular weight is 386 g/mol. The zero-order valence-electron chi connectivity index (χ0n) is 15.0. The van der Waals surface area contributed by atoms with Crippen LogP contribution in [0.25, 0.3) is 11.4 Å². The van der Waals surface area contributed by atoms with Crippen molar-refractivity contribution in [1.82, 2.24) is 14.9 Å². The minimum absolute atomic E-state index is 0.185.